The van der Waals surface area contributed by atoms with Gasteiger partial charge < -0.3 is 20.3 Å². The van der Waals surface area contributed by atoms with E-state index in [-0.39, 0.29) is 13.2 Å². The summed E-state index contributed by atoms with van der Waals surface area (Å²) in [4.78, 5) is 0. The predicted octanol–water partition coefficient (Wildman–Crippen LogP) is 0.961. The topological polar surface area (TPSA) is 61.7 Å². The number of nitrogens with one attached hydrogen (secondary N) is 1. The van der Waals surface area contributed by atoms with E-state index in [0.717, 1.165) is 24.3 Å². The highest BCUT2D eigenvalue weighted by molar-refractivity contribution is 5.33. The van der Waals surface area contributed by atoms with E-state index in [2.05, 4.69) is 12.2 Å². The quantitative estimate of drug-likeness (QED) is 0.574. The average molecular weight is 253 g/mol. The number of hydrogen-bond acceptors (Lipinski definition) is 4. The third kappa shape index (κ3) is 5.49. The normalized spacial score (nSPS) is 12.4. The van der Waals surface area contributed by atoms with Crippen molar-refractivity contribution in [2.24, 2.45) is 0 Å². The number of hydrogen-bond donors (Lipinski definition) is 3. The first kappa shape index (κ1) is 15.0. The van der Waals surface area contributed by atoms with E-state index >= 15 is 0 Å². The molecule has 3 N–H and O–H groups in total. The first-order valence-electron chi connectivity index (χ1n) is 6.48. The highest BCUT2D eigenvalue weighted by Crippen LogP contribution is 2.18. The Balaban J connectivity index is 2.37. The number of para-hydroxylation sites is 1. The third-order valence-corrected chi connectivity index (χ3v) is 2.59. The summed E-state index contributed by atoms with van der Waals surface area (Å²) in [6.07, 6.45) is 1.10. The van der Waals surface area contributed by atoms with Crippen LogP contribution in [-0.4, -0.2) is 42.6 Å². The zero-order valence-electron chi connectivity index (χ0n) is 10.9. The largest absolute Gasteiger partial charge is 0.491 e. The van der Waals surface area contributed by atoms with E-state index in [0.29, 0.717) is 13.0 Å². The van der Waals surface area contributed by atoms with Gasteiger partial charge in [-0.25, -0.2) is 0 Å². The van der Waals surface area contributed by atoms with Crippen molar-refractivity contribution in [1.82, 2.24) is 5.32 Å². The van der Waals surface area contributed by atoms with E-state index < -0.39 is 6.10 Å². The summed E-state index contributed by atoms with van der Waals surface area (Å²) in [6.45, 7) is 3.88. The minimum absolute atomic E-state index is 0.0982. The Morgan fingerprint density at radius 2 is 2.11 bits per heavy atom. The van der Waals surface area contributed by atoms with Crippen molar-refractivity contribution >= 4 is 0 Å². The second-order valence-corrected chi connectivity index (χ2v) is 4.25. The van der Waals surface area contributed by atoms with Gasteiger partial charge in [0.2, 0.25) is 0 Å². The highest BCUT2D eigenvalue weighted by atomic mass is 16.5. The monoisotopic (exact) mass is 253 g/mol. The fourth-order valence-corrected chi connectivity index (χ4v) is 1.66. The van der Waals surface area contributed by atoms with Crippen molar-refractivity contribution in [1.29, 1.82) is 0 Å². The molecule has 1 rings (SSSR count). The predicted molar refractivity (Wildman–Crippen MR) is 71.9 cm³/mol. The van der Waals surface area contributed by atoms with Crippen LogP contribution in [0.25, 0.3) is 0 Å². The van der Waals surface area contributed by atoms with Crippen molar-refractivity contribution in [3.63, 3.8) is 0 Å². The van der Waals surface area contributed by atoms with Gasteiger partial charge in [0.1, 0.15) is 18.5 Å². The molecule has 0 aliphatic heterocycles. The Bertz CT molecular complexity index is 331. The number of rotatable bonds is 9. The molecule has 1 unspecified atom stereocenters. The van der Waals surface area contributed by atoms with Crippen molar-refractivity contribution in [3.05, 3.63) is 29.8 Å². The number of aliphatic hydroxyl groups is 2. The highest BCUT2D eigenvalue weighted by Gasteiger charge is 2.07. The molecule has 18 heavy (non-hydrogen) atoms. The fraction of sp³-hybridized carbons (Fsp3) is 0.571. The van der Waals surface area contributed by atoms with Gasteiger partial charge in [-0.05, 0) is 31.0 Å². The Morgan fingerprint density at radius 3 is 2.83 bits per heavy atom. The van der Waals surface area contributed by atoms with Crippen molar-refractivity contribution in [3.8, 4) is 5.75 Å². The van der Waals surface area contributed by atoms with E-state index in [1.165, 1.54) is 0 Å². The maximum atomic E-state index is 9.72. The zero-order chi connectivity index (χ0) is 13.2. The molecule has 102 valence electrons. The molecule has 0 bridgehead atoms. The lowest BCUT2D eigenvalue weighted by molar-refractivity contribution is 0.106. The summed E-state index contributed by atoms with van der Waals surface area (Å²) in [5.41, 5.74) is 0.966. The SMILES string of the molecule is CCCNCC(O)COc1ccccc1CCO. The summed E-state index contributed by atoms with van der Waals surface area (Å²) < 4.78 is 5.58. The molecule has 0 saturated heterocycles. The molecule has 0 amide bonds. The molecule has 0 saturated carbocycles. The summed E-state index contributed by atoms with van der Waals surface area (Å²) in [5, 5.41) is 21.8. The smallest absolute Gasteiger partial charge is 0.122 e. The molecule has 0 heterocycles. The molecule has 1 atom stereocenters. The van der Waals surface area contributed by atoms with Gasteiger partial charge in [-0.15, -0.1) is 0 Å². The summed E-state index contributed by atoms with van der Waals surface area (Å²) in [5.74, 6) is 0.737. The van der Waals surface area contributed by atoms with Crippen molar-refractivity contribution in [2.45, 2.75) is 25.9 Å². The Labute approximate surface area is 109 Å². The Morgan fingerprint density at radius 1 is 1.33 bits per heavy atom. The number of benzene rings is 1. The molecule has 0 aliphatic carbocycles. The molecular weight excluding hydrogens is 230 g/mol. The van der Waals surface area contributed by atoms with Gasteiger partial charge in [0.05, 0.1) is 0 Å². The van der Waals surface area contributed by atoms with Gasteiger partial charge in [-0.1, -0.05) is 25.1 Å². The van der Waals surface area contributed by atoms with Crippen LogP contribution in [0.2, 0.25) is 0 Å². The summed E-state index contributed by atoms with van der Waals surface area (Å²) >= 11 is 0. The maximum absolute atomic E-state index is 9.72. The van der Waals surface area contributed by atoms with Crippen LogP contribution >= 0.6 is 0 Å². The minimum Gasteiger partial charge on any atom is -0.491 e. The van der Waals surface area contributed by atoms with E-state index in [4.69, 9.17) is 9.84 Å². The number of aliphatic hydroxyl groups excluding tert-OH is 2. The van der Waals surface area contributed by atoms with Crippen LogP contribution in [0.4, 0.5) is 0 Å². The van der Waals surface area contributed by atoms with Gasteiger partial charge in [-0.3, -0.25) is 0 Å². The molecule has 0 aromatic heterocycles. The first-order chi connectivity index (χ1) is 8.77. The second kappa shape index (κ2) is 8.91. The van der Waals surface area contributed by atoms with Crippen molar-refractivity contribution < 1.29 is 14.9 Å². The van der Waals surface area contributed by atoms with Gasteiger partial charge in [0.15, 0.2) is 0 Å². The molecule has 0 aliphatic rings. The van der Waals surface area contributed by atoms with Crippen LogP contribution in [-0.2, 0) is 6.42 Å². The first-order valence-corrected chi connectivity index (χ1v) is 6.48. The molecule has 4 heteroatoms. The fourth-order valence-electron chi connectivity index (χ4n) is 1.66. The molecule has 4 nitrogen and oxygen atoms in total. The van der Waals surface area contributed by atoms with Crippen LogP contribution in [0, 0.1) is 0 Å². The molecule has 1 aromatic rings. The van der Waals surface area contributed by atoms with Gasteiger partial charge in [-0.2, -0.15) is 0 Å². The van der Waals surface area contributed by atoms with Gasteiger partial charge in [0, 0.05) is 13.2 Å². The lowest BCUT2D eigenvalue weighted by Crippen LogP contribution is -2.31. The zero-order valence-corrected chi connectivity index (χ0v) is 10.9. The number of ether oxygens (including phenoxy) is 1. The molecule has 0 radical (unpaired) electrons. The Hall–Kier alpha value is -1.10. The Kier molecular flexibility index (Phi) is 7.41. The van der Waals surface area contributed by atoms with E-state index in [1.807, 2.05) is 24.3 Å². The molecule has 0 fully saturated rings. The maximum Gasteiger partial charge on any atom is 0.122 e. The van der Waals surface area contributed by atoms with Gasteiger partial charge in [0.25, 0.3) is 0 Å². The van der Waals surface area contributed by atoms with Crippen LogP contribution in [0.15, 0.2) is 24.3 Å². The standard InChI is InChI=1S/C14H23NO3/c1-2-8-15-10-13(17)11-18-14-6-4-3-5-12(14)7-9-16/h3-6,13,15-17H,2,7-11H2,1H3. The molecule has 0 spiro atoms. The van der Waals surface area contributed by atoms with E-state index in [1.54, 1.807) is 0 Å². The van der Waals surface area contributed by atoms with E-state index in [9.17, 15) is 5.11 Å². The average Bonchev–Trinajstić information content (AvgIpc) is 2.38. The summed E-state index contributed by atoms with van der Waals surface area (Å²) in [6, 6.07) is 7.58. The lowest BCUT2D eigenvalue weighted by Gasteiger charge is -2.15. The van der Waals surface area contributed by atoms with Crippen LogP contribution < -0.4 is 10.1 Å². The molecular formula is C14H23NO3. The van der Waals surface area contributed by atoms with Crippen LogP contribution in [0.5, 0.6) is 5.75 Å². The molecule has 1 aromatic carbocycles. The van der Waals surface area contributed by atoms with Crippen LogP contribution in [0.1, 0.15) is 18.9 Å². The minimum atomic E-state index is -0.515. The summed E-state index contributed by atoms with van der Waals surface area (Å²) in [7, 11) is 0. The third-order valence-electron chi connectivity index (χ3n) is 2.59. The van der Waals surface area contributed by atoms with Gasteiger partial charge >= 0.3 is 0 Å². The lowest BCUT2D eigenvalue weighted by atomic mass is 10.1. The van der Waals surface area contributed by atoms with Crippen molar-refractivity contribution in [2.75, 3.05) is 26.3 Å². The second-order valence-electron chi connectivity index (χ2n) is 4.25. The van der Waals surface area contributed by atoms with Crippen LogP contribution in [0.3, 0.4) is 0 Å².